The molecule has 0 saturated heterocycles. The number of rotatable bonds is 12. The second kappa shape index (κ2) is 14.1. The Morgan fingerprint density at radius 1 is 1.00 bits per heavy atom. The zero-order chi connectivity index (χ0) is 31.9. The Labute approximate surface area is 254 Å². The van der Waals surface area contributed by atoms with Gasteiger partial charge in [-0.05, 0) is 68.3 Å². The average Bonchev–Trinajstić information content (AvgIpc) is 2.98. The Hall–Kier alpha value is -3.77. The SMILES string of the molecule is CC[C@H](C)NC(=O)[C@@H](C)N(Cc1ccc(OC)cc1)C(=O)CN(c1ccc(Cl)c(C(F)(F)F)c1)S(=O)(=O)c1ccccc1. The number of halogens is 4. The van der Waals surface area contributed by atoms with Crippen LogP contribution in [0.2, 0.25) is 5.02 Å². The summed E-state index contributed by atoms with van der Waals surface area (Å²) < 4.78 is 74.6. The summed E-state index contributed by atoms with van der Waals surface area (Å²) in [5.41, 5.74) is -1.07. The number of sulfonamides is 1. The molecule has 3 aromatic carbocycles. The quantitative estimate of drug-likeness (QED) is 0.267. The minimum atomic E-state index is -4.89. The molecule has 2 atom stereocenters. The second-order valence-electron chi connectivity index (χ2n) is 9.85. The van der Waals surface area contributed by atoms with Crippen LogP contribution in [0, 0.1) is 0 Å². The molecular formula is C30H33ClF3N3O5S. The number of hydrogen-bond donors (Lipinski definition) is 1. The number of ether oxygens (including phenoxy) is 1. The monoisotopic (exact) mass is 639 g/mol. The van der Waals surface area contributed by atoms with Crippen LogP contribution in [0.3, 0.4) is 0 Å². The topological polar surface area (TPSA) is 96.0 Å². The molecule has 0 aliphatic carbocycles. The molecule has 0 aromatic heterocycles. The van der Waals surface area contributed by atoms with Crippen molar-refractivity contribution < 1.29 is 35.9 Å². The van der Waals surface area contributed by atoms with Crippen LogP contribution in [0.25, 0.3) is 0 Å². The number of methoxy groups -OCH3 is 1. The zero-order valence-electron chi connectivity index (χ0n) is 24.1. The van der Waals surface area contributed by atoms with Crippen LogP contribution in [-0.2, 0) is 32.3 Å². The fraction of sp³-hybridized carbons (Fsp3) is 0.333. The van der Waals surface area contributed by atoms with Gasteiger partial charge in [-0.15, -0.1) is 0 Å². The van der Waals surface area contributed by atoms with Crippen molar-refractivity contribution in [1.82, 2.24) is 10.2 Å². The summed E-state index contributed by atoms with van der Waals surface area (Å²) in [5, 5.41) is 2.19. The predicted molar refractivity (Wildman–Crippen MR) is 158 cm³/mol. The van der Waals surface area contributed by atoms with Gasteiger partial charge in [-0.2, -0.15) is 13.2 Å². The molecule has 232 valence electrons. The van der Waals surface area contributed by atoms with Crippen LogP contribution >= 0.6 is 11.6 Å². The van der Waals surface area contributed by atoms with E-state index in [0.29, 0.717) is 28.1 Å². The van der Waals surface area contributed by atoms with Crippen LogP contribution in [0.5, 0.6) is 5.75 Å². The molecule has 0 radical (unpaired) electrons. The molecule has 2 amide bonds. The van der Waals surface area contributed by atoms with Gasteiger partial charge in [-0.1, -0.05) is 48.9 Å². The summed E-state index contributed by atoms with van der Waals surface area (Å²) in [5.74, 6) is -0.724. The number of carbonyl (C=O) groups is 2. The number of amides is 2. The number of nitrogens with one attached hydrogen (secondary N) is 1. The molecule has 43 heavy (non-hydrogen) atoms. The highest BCUT2D eigenvalue weighted by Gasteiger charge is 2.37. The van der Waals surface area contributed by atoms with Crippen molar-refractivity contribution >= 4 is 39.1 Å². The molecule has 13 heteroatoms. The molecule has 3 rings (SSSR count). The van der Waals surface area contributed by atoms with Crippen molar-refractivity contribution in [2.75, 3.05) is 18.0 Å². The maximum absolute atomic E-state index is 13.9. The number of anilines is 1. The molecule has 0 fully saturated rings. The summed E-state index contributed by atoms with van der Waals surface area (Å²) in [7, 11) is -3.06. The Morgan fingerprint density at radius 3 is 2.19 bits per heavy atom. The third-order valence-electron chi connectivity index (χ3n) is 6.83. The second-order valence-corrected chi connectivity index (χ2v) is 12.1. The highest BCUT2D eigenvalue weighted by atomic mass is 35.5. The van der Waals surface area contributed by atoms with Crippen LogP contribution in [0.1, 0.15) is 38.3 Å². The minimum absolute atomic E-state index is 0.0917. The average molecular weight is 640 g/mol. The van der Waals surface area contributed by atoms with Gasteiger partial charge in [0.1, 0.15) is 18.3 Å². The van der Waals surface area contributed by atoms with E-state index in [9.17, 15) is 31.2 Å². The van der Waals surface area contributed by atoms with E-state index in [1.54, 1.807) is 37.3 Å². The van der Waals surface area contributed by atoms with Gasteiger partial charge in [0.15, 0.2) is 0 Å². The summed E-state index contributed by atoms with van der Waals surface area (Å²) >= 11 is 5.80. The number of hydrogen-bond acceptors (Lipinski definition) is 5. The third kappa shape index (κ3) is 8.41. The maximum Gasteiger partial charge on any atom is 0.417 e. The Morgan fingerprint density at radius 2 is 1.63 bits per heavy atom. The van der Waals surface area contributed by atoms with Crippen molar-refractivity contribution in [3.8, 4) is 5.75 Å². The lowest BCUT2D eigenvalue weighted by molar-refractivity contribution is -0.139. The first-order valence-electron chi connectivity index (χ1n) is 13.4. The van der Waals surface area contributed by atoms with Gasteiger partial charge >= 0.3 is 6.18 Å². The van der Waals surface area contributed by atoms with Crippen molar-refractivity contribution in [2.45, 2.75) is 56.9 Å². The molecule has 0 aliphatic heterocycles. The first-order valence-corrected chi connectivity index (χ1v) is 15.2. The van der Waals surface area contributed by atoms with E-state index in [1.807, 2.05) is 6.92 Å². The maximum atomic E-state index is 13.9. The van der Waals surface area contributed by atoms with Crippen LogP contribution in [0.15, 0.2) is 77.7 Å². The van der Waals surface area contributed by atoms with Crippen LogP contribution in [-0.4, -0.2) is 50.9 Å². The summed E-state index contributed by atoms with van der Waals surface area (Å²) in [6, 6.07) is 15.1. The van der Waals surface area contributed by atoms with E-state index in [1.165, 1.54) is 43.2 Å². The Kier molecular flexibility index (Phi) is 11.1. The van der Waals surface area contributed by atoms with Gasteiger partial charge < -0.3 is 15.0 Å². The lowest BCUT2D eigenvalue weighted by Crippen LogP contribution is -2.52. The van der Waals surface area contributed by atoms with Gasteiger partial charge in [0, 0.05) is 12.6 Å². The number of benzene rings is 3. The van der Waals surface area contributed by atoms with Crippen molar-refractivity contribution in [1.29, 1.82) is 0 Å². The first-order chi connectivity index (χ1) is 20.2. The molecular weight excluding hydrogens is 607 g/mol. The van der Waals surface area contributed by atoms with Crippen LogP contribution < -0.4 is 14.4 Å². The zero-order valence-corrected chi connectivity index (χ0v) is 25.6. The number of carbonyl (C=O) groups excluding carboxylic acids is 2. The largest absolute Gasteiger partial charge is 0.497 e. The normalized spacial score (nSPS) is 13.1. The van der Waals surface area contributed by atoms with Gasteiger partial charge in [0.05, 0.1) is 28.3 Å². The summed E-state index contributed by atoms with van der Waals surface area (Å²) in [6.45, 7) is 4.19. The highest BCUT2D eigenvalue weighted by Crippen LogP contribution is 2.38. The van der Waals surface area contributed by atoms with Gasteiger partial charge in [-0.25, -0.2) is 8.42 Å². The van der Waals surface area contributed by atoms with E-state index in [4.69, 9.17) is 16.3 Å². The number of nitrogens with zero attached hydrogens (tertiary/aromatic N) is 2. The standard InChI is InChI=1S/C30H33ClF3N3O5S/c1-5-20(2)35-29(39)21(3)36(18-22-11-14-24(42-4)15-12-22)28(38)19-37(43(40,41)25-9-7-6-8-10-25)23-13-16-27(31)26(17-23)30(32,33)34/h6-17,20-21H,5,18-19H2,1-4H3,(H,35,39)/t20-,21+/m0/s1. The van der Waals surface area contributed by atoms with Crippen molar-refractivity contribution in [3.63, 3.8) is 0 Å². The number of alkyl halides is 3. The van der Waals surface area contributed by atoms with Crippen molar-refractivity contribution in [2.24, 2.45) is 0 Å². The fourth-order valence-corrected chi connectivity index (χ4v) is 5.76. The lowest BCUT2D eigenvalue weighted by Gasteiger charge is -2.32. The first kappa shape index (κ1) is 33.7. The third-order valence-corrected chi connectivity index (χ3v) is 8.95. The molecule has 0 heterocycles. The molecule has 3 aromatic rings. The van der Waals surface area contributed by atoms with E-state index in [0.717, 1.165) is 12.1 Å². The van der Waals surface area contributed by atoms with Gasteiger partial charge in [-0.3, -0.25) is 13.9 Å². The van der Waals surface area contributed by atoms with Crippen LogP contribution in [0.4, 0.5) is 18.9 Å². The highest BCUT2D eigenvalue weighted by molar-refractivity contribution is 7.92. The van der Waals surface area contributed by atoms with E-state index in [2.05, 4.69) is 5.32 Å². The van der Waals surface area contributed by atoms with E-state index < -0.39 is 56.9 Å². The molecule has 1 N–H and O–H groups in total. The lowest BCUT2D eigenvalue weighted by atomic mass is 10.1. The predicted octanol–water partition coefficient (Wildman–Crippen LogP) is 5.89. The Bertz CT molecular complexity index is 1520. The summed E-state index contributed by atoms with van der Waals surface area (Å²) in [6.07, 6.45) is -4.26. The summed E-state index contributed by atoms with van der Waals surface area (Å²) in [4.78, 5) is 28.0. The molecule has 0 aliphatic rings. The molecule has 0 bridgehead atoms. The molecule has 8 nitrogen and oxygen atoms in total. The molecule has 0 saturated carbocycles. The fourth-order valence-electron chi connectivity index (χ4n) is 4.11. The van der Waals surface area contributed by atoms with E-state index >= 15 is 0 Å². The van der Waals surface area contributed by atoms with Crippen molar-refractivity contribution in [3.05, 3.63) is 88.9 Å². The molecule has 0 spiro atoms. The van der Waals surface area contributed by atoms with E-state index in [-0.39, 0.29) is 17.5 Å². The van der Waals surface area contributed by atoms with Gasteiger partial charge in [0.2, 0.25) is 11.8 Å². The molecule has 0 unspecified atom stereocenters. The minimum Gasteiger partial charge on any atom is -0.497 e. The Balaban J connectivity index is 2.10. The smallest absolute Gasteiger partial charge is 0.417 e. The van der Waals surface area contributed by atoms with Gasteiger partial charge in [0.25, 0.3) is 10.0 Å².